The van der Waals surface area contributed by atoms with Crippen LogP contribution in [0.5, 0.6) is 0 Å². The fraction of sp³-hybridized carbons (Fsp3) is 0.938. The molecule has 2 fully saturated rings. The molecule has 0 saturated carbocycles. The van der Waals surface area contributed by atoms with Crippen LogP contribution >= 0.6 is 0 Å². The minimum atomic E-state index is 0.292. The molecular formula is C16H31N3O2. The Labute approximate surface area is 129 Å². The average molecular weight is 297 g/mol. The summed E-state index contributed by atoms with van der Waals surface area (Å²) in [5.74, 6) is 1.05. The van der Waals surface area contributed by atoms with Crippen LogP contribution in [0.4, 0.5) is 0 Å². The standard InChI is InChI=1S/C16H31N3O2/c1-4-17(3)12-15-5-6-19(13-15)14(2)11-16(20)18-7-9-21-10-8-18/h14-15H,4-13H2,1-3H3/t14-,15-/m0/s1. The SMILES string of the molecule is CCN(C)C[C@@H]1CCN([C@@H](C)CC(=O)N2CCOCC2)C1. The molecule has 0 N–H and O–H groups in total. The van der Waals surface area contributed by atoms with E-state index in [1.54, 1.807) is 0 Å². The molecule has 2 atom stereocenters. The van der Waals surface area contributed by atoms with Crippen LogP contribution < -0.4 is 0 Å². The highest BCUT2D eigenvalue weighted by atomic mass is 16.5. The first-order valence-electron chi connectivity index (χ1n) is 8.38. The summed E-state index contributed by atoms with van der Waals surface area (Å²) in [5, 5.41) is 0. The van der Waals surface area contributed by atoms with Gasteiger partial charge in [0.2, 0.25) is 5.91 Å². The topological polar surface area (TPSA) is 36.0 Å². The van der Waals surface area contributed by atoms with Gasteiger partial charge in [-0.15, -0.1) is 0 Å². The number of carbonyl (C=O) groups is 1. The van der Waals surface area contributed by atoms with Crippen LogP contribution in [-0.2, 0) is 9.53 Å². The fourth-order valence-electron chi connectivity index (χ4n) is 3.31. The Morgan fingerprint density at radius 2 is 2.05 bits per heavy atom. The Balaban J connectivity index is 1.73. The summed E-state index contributed by atoms with van der Waals surface area (Å²) in [4.78, 5) is 19.1. The van der Waals surface area contributed by atoms with Crippen molar-refractivity contribution in [1.29, 1.82) is 0 Å². The number of likely N-dealkylation sites (tertiary alicyclic amines) is 1. The van der Waals surface area contributed by atoms with Gasteiger partial charge in [-0.3, -0.25) is 9.69 Å². The maximum atomic E-state index is 12.3. The second-order valence-corrected chi connectivity index (χ2v) is 6.55. The van der Waals surface area contributed by atoms with Crippen LogP contribution in [0.3, 0.4) is 0 Å². The van der Waals surface area contributed by atoms with E-state index in [1.807, 2.05) is 4.90 Å². The van der Waals surface area contributed by atoms with Crippen molar-refractivity contribution in [2.24, 2.45) is 5.92 Å². The number of rotatable bonds is 6. The van der Waals surface area contributed by atoms with Crippen molar-refractivity contribution in [2.45, 2.75) is 32.7 Å². The number of hydrogen-bond donors (Lipinski definition) is 0. The number of nitrogens with zero attached hydrogens (tertiary/aromatic N) is 3. The van der Waals surface area contributed by atoms with Crippen LogP contribution in [0.15, 0.2) is 0 Å². The summed E-state index contributed by atoms with van der Waals surface area (Å²) in [6.07, 6.45) is 1.91. The molecule has 2 aliphatic rings. The van der Waals surface area contributed by atoms with Crippen LogP contribution in [0.2, 0.25) is 0 Å². The Bertz CT molecular complexity index is 331. The lowest BCUT2D eigenvalue weighted by Crippen LogP contribution is -2.44. The molecule has 2 heterocycles. The van der Waals surface area contributed by atoms with Gasteiger partial charge in [0, 0.05) is 38.6 Å². The number of hydrogen-bond acceptors (Lipinski definition) is 4. The van der Waals surface area contributed by atoms with E-state index in [0.29, 0.717) is 31.6 Å². The molecule has 122 valence electrons. The molecule has 1 amide bonds. The predicted molar refractivity (Wildman–Crippen MR) is 84.3 cm³/mol. The van der Waals surface area contributed by atoms with Gasteiger partial charge in [-0.2, -0.15) is 0 Å². The van der Waals surface area contributed by atoms with E-state index < -0.39 is 0 Å². The molecule has 2 saturated heterocycles. The van der Waals surface area contributed by atoms with Gasteiger partial charge in [0.1, 0.15) is 0 Å². The molecule has 0 bridgehead atoms. The molecular weight excluding hydrogens is 266 g/mol. The summed E-state index contributed by atoms with van der Waals surface area (Å²) < 4.78 is 5.31. The highest BCUT2D eigenvalue weighted by Crippen LogP contribution is 2.21. The van der Waals surface area contributed by atoms with Gasteiger partial charge < -0.3 is 14.5 Å². The van der Waals surface area contributed by atoms with Crippen molar-refractivity contribution >= 4 is 5.91 Å². The molecule has 21 heavy (non-hydrogen) atoms. The van der Waals surface area contributed by atoms with E-state index in [0.717, 1.165) is 38.6 Å². The van der Waals surface area contributed by atoms with Crippen LogP contribution in [0.1, 0.15) is 26.7 Å². The molecule has 0 aromatic rings. The third-order valence-corrected chi connectivity index (χ3v) is 4.88. The van der Waals surface area contributed by atoms with Crippen molar-refractivity contribution in [3.8, 4) is 0 Å². The lowest BCUT2D eigenvalue weighted by molar-refractivity contribution is -0.136. The molecule has 0 aromatic heterocycles. The summed E-state index contributed by atoms with van der Waals surface area (Å²) in [7, 11) is 2.19. The van der Waals surface area contributed by atoms with Gasteiger partial charge in [-0.1, -0.05) is 6.92 Å². The lowest BCUT2D eigenvalue weighted by atomic mass is 10.1. The van der Waals surface area contributed by atoms with Crippen molar-refractivity contribution in [1.82, 2.24) is 14.7 Å². The third-order valence-electron chi connectivity index (χ3n) is 4.88. The van der Waals surface area contributed by atoms with Crippen LogP contribution in [0.25, 0.3) is 0 Å². The van der Waals surface area contributed by atoms with Crippen molar-refractivity contribution in [2.75, 3.05) is 59.5 Å². The first-order valence-corrected chi connectivity index (χ1v) is 8.38. The third kappa shape index (κ3) is 4.94. The summed E-state index contributed by atoms with van der Waals surface area (Å²) in [6, 6.07) is 0.359. The van der Waals surface area contributed by atoms with Crippen molar-refractivity contribution in [3.05, 3.63) is 0 Å². The van der Waals surface area contributed by atoms with Gasteiger partial charge in [-0.25, -0.2) is 0 Å². The lowest BCUT2D eigenvalue weighted by Gasteiger charge is -2.30. The number of ether oxygens (including phenoxy) is 1. The zero-order valence-corrected chi connectivity index (χ0v) is 13.9. The van der Waals surface area contributed by atoms with Gasteiger partial charge >= 0.3 is 0 Å². The fourth-order valence-corrected chi connectivity index (χ4v) is 3.31. The van der Waals surface area contributed by atoms with E-state index in [4.69, 9.17) is 4.74 Å². The van der Waals surface area contributed by atoms with Crippen molar-refractivity contribution in [3.63, 3.8) is 0 Å². The predicted octanol–water partition coefficient (Wildman–Crippen LogP) is 0.897. The van der Waals surface area contributed by atoms with E-state index in [9.17, 15) is 4.79 Å². The van der Waals surface area contributed by atoms with E-state index in [2.05, 4.69) is 30.7 Å². The van der Waals surface area contributed by atoms with Gasteiger partial charge in [0.25, 0.3) is 0 Å². The normalized spacial score (nSPS) is 25.5. The molecule has 0 radical (unpaired) electrons. The molecule has 0 spiro atoms. The smallest absolute Gasteiger partial charge is 0.224 e. The number of amides is 1. The first kappa shape index (κ1) is 16.7. The molecule has 5 nitrogen and oxygen atoms in total. The van der Waals surface area contributed by atoms with Gasteiger partial charge in [0.15, 0.2) is 0 Å². The zero-order chi connectivity index (χ0) is 15.2. The van der Waals surface area contributed by atoms with E-state index in [1.165, 1.54) is 13.0 Å². The summed E-state index contributed by atoms with van der Waals surface area (Å²) >= 11 is 0. The molecule has 2 rings (SSSR count). The second-order valence-electron chi connectivity index (χ2n) is 6.55. The molecule has 0 unspecified atom stereocenters. The Morgan fingerprint density at radius 1 is 1.33 bits per heavy atom. The monoisotopic (exact) mass is 297 g/mol. The highest BCUT2D eigenvalue weighted by molar-refractivity contribution is 5.76. The van der Waals surface area contributed by atoms with E-state index in [-0.39, 0.29) is 0 Å². The first-order chi connectivity index (χ1) is 10.1. The second kappa shape index (κ2) is 8.11. The van der Waals surface area contributed by atoms with Crippen LogP contribution in [-0.4, -0.2) is 86.2 Å². The van der Waals surface area contributed by atoms with E-state index >= 15 is 0 Å². The average Bonchev–Trinajstić information content (AvgIpc) is 2.96. The van der Waals surface area contributed by atoms with Crippen LogP contribution in [0, 0.1) is 5.92 Å². The molecule has 2 aliphatic heterocycles. The Kier molecular flexibility index (Phi) is 6.45. The molecule has 5 heteroatoms. The number of morpholine rings is 1. The highest BCUT2D eigenvalue weighted by Gasteiger charge is 2.28. The molecule has 0 aliphatic carbocycles. The summed E-state index contributed by atoms with van der Waals surface area (Å²) in [6.45, 7) is 11.9. The molecule has 0 aromatic carbocycles. The quantitative estimate of drug-likeness (QED) is 0.730. The largest absolute Gasteiger partial charge is 0.378 e. The maximum Gasteiger partial charge on any atom is 0.224 e. The minimum absolute atomic E-state index is 0.292. The zero-order valence-electron chi connectivity index (χ0n) is 13.9. The van der Waals surface area contributed by atoms with Crippen molar-refractivity contribution < 1.29 is 9.53 Å². The van der Waals surface area contributed by atoms with Gasteiger partial charge in [-0.05, 0) is 39.4 Å². The summed E-state index contributed by atoms with van der Waals surface area (Å²) in [5.41, 5.74) is 0. The Morgan fingerprint density at radius 3 is 2.71 bits per heavy atom. The number of carbonyl (C=O) groups excluding carboxylic acids is 1. The maximum absolute atomic E-state index is 12.3. The minimum Gasteiger partial charge on any atom is -0.378 e. The Hall–Kier alpha value is -0.650. The van der Waals surface area contributed by atoms with Gasteiger partial charge in [0.05, 0.1) is 13.2 Å².